The highest BCUT2D eigenvalue weighted by atomic mass is 16.5. The molecule has 1 aromatic carbocycles. The first-order valence-electron chi connectivity index (χ1n) is 5.37. The van der Waals surface area contributed by atoms with Crippen molar-refractivity contribution in [1.82, 2.24) is 5.32 Å². The number of morpholine rings is 1. The van der Waals surface area contributed by atoms with Gasteiger partial charge in [-0.1, -0.05) is 36.9 Å². The molecule has 0 aromatic heterocycles. The molecule has 16 heavy (non-hydrogen) atoms. The predicted octanol–water partition coefficient (Wildman–Crippen LogP) is 1.26. The van der Waals surface area contributed by atoms with Crippen LogP contribution in [0.2, 0.25) is 0 Å². The van der Waals surface area contributed by atoms with Crippen LogP contribution in [0.1, 0.15) is 5.56 Å². The van der Waals surface area contributed by atoms with Crippen molar-refractivity contribution in [2.45, 2.75) is 5.60 Å². The third-order valence-electron chi connectivity index (χ3n) is 2.82. The van der Waals surface area contributed by atoms with E-state index < -0.39 is 5.60 Å². The van der Waals surface area contributed by atoms with Crippen molar-refractivity contribution in [2.75, 3.05) is 19.7 Å². The van der Waals surface area contributed by atoms with Crippen LogP contribution in [-0.2, 0) is 15.1 Å². The molecular formula is C13H15NO2. The number of ether oxygens (including phenoxy) is 1. The Morgan fingerprint density at radius 1 is 1.44 bits per heavy atom. The molecule has 0 aliphatic carbocycles. The number of hydrogen-bond donors (Lipinski definition) is 1. The number of ketones is 1. The Kier molecular flexibility index (Phi) is 3.17. The van der Waals surface area contributed by atoms with Gasteiger partial charge in [0.25, 0.3) is 0 Å². The number of nitrogens with one attached hydrogen (secondary N) is 1. The summed E-state index contributed by atoms with van der Waals surface area (Å²) < 4.78 is 5.72. The van der Waals surface area contributed by atoms with E-state index >= 15 is 0 Å². The third kappa shape index (κ3) is 1.79. The van der Waals surface area contributed by atoms with Gasteiger partial charge < -0.3 is 10.1 Å². The van der Waals surface area contributed by atoms with E-state index in [2.05, 4.69) is 11.9 Å². The molecule has 1 aromatic rings. The van der Waals surface area contributed by atoms with Gasteiger partial charge in [0.1, 0.15) is 0 Å². The van der Waals surface area contributed by atoms with E-state index in [1.165, 1.54) is 6.08 Å². The van der Waals surface area contributed by atoms with E-state index in [0.29, 0.717) is 13.2 Å². The van der Waals surface area contributed by atoms with E-state index in [4.69, 9.17) is 4.74 Å². The Hall–Kier alpha value is -1.45. The average Bonchev–Trinajstić information content (AvgIpc) is 2.39. The number of carbonyl (C=O) groups excluding carboxylic acids is 1. The van der Waals surface area contributed by atoms with Crippen LogP contribution >= 0.6 is 0 Å². The first kappa shape index (κ1) is 11.0. The molecule has 3 nitrogen and oxygen atoms in total. The van der Waals surface area contributed by atoms with Crippen LogP contribution in [0.15, 0.2) is 43.0 Å². The van der Waals surface area contributed by atoms with Crippen molar-refractivity contribution in [3.05, 3.63) is 48.6 Å². The Morgan fingerprint density at radius 3 is 2.75 bits per heavy atom. The molecule has 1 atom stereocenters. The standard InChI is InChI=1S/C13H15NO2/c1-2-12(15)13(10-14-8-9-16-13)11-6-4-3-5-7-11/h2-7,14H,1,8-10H2. The van der Waals surface area contributed by atoms with Crippen molar-refractivity contribution in [3.8, 4) is 0 Å². The third-order valence-corrected chi connectivity index (χ3v) is 2.82. The molecule has 0 amide bonds. The molecule has 1 heterocycles. The summed E-state index contributed by atoms with van der Waals surface area (Å²) in [5.41, 5.74) is -0.00606. The molecule has 84 valence electrons. The van der Waals surface area contributed by atoms with E-state index in [-0.39, 0.29) is 5.78 Å². The number of hydrogen-bond acceptors (Lipinski definition) is 3. The van der Waals surface area contributed by atoms with Gasteiger partial charge >= 0.3 is 0 Å². The molecule has 1 aliphatic heterocycles. The monoisotopic (exact) mass is 217 g/mol. The summed E-state index contributed by atoms with van der Waals surface area (Å²) in [5.74, 6) is -0.0918. The Balaban J connectivity index is 2.41. The highest BCUT2D eigenvalue weighted by molar-refractivity contribution is 5.97. The minimum atomic E-state index is -0.888. The van der Waals surface area contributed by atoms with Gasteiger partial charge in [-0.2, -0.15) is 0 Å². The van der Waals surface area contributed by atoms with E-state index in [1.54, 1.807) is 0 Å². The Labute approximate surface area is 95.1 Å². The lowest BCUT2D eigenvalue weighted by Gasteiger charge is -2.36. The molecule has 1 aliphatic rings. The van der Waals surface area contributed by atoms with Gasteiger partial charge in [0.2, 0.25) is 0 Å². The van der Waals surface area contributed by atoms with Crippen LogP contribution in [0.5, 0.6) is 0 Å². The van der Waals surface area contributed by atoms with Crippen molar-refractivity contribution in [3.63, 3.8) is 0 Å². The summed E-state index contributed by atoms with van der Waals surface area (Å²) in [6, 6.07) is 9.56. The topological polar surface area (TPSA) is 38.3 Å². The van der Waals surface area contributed by atoms with E-state index in [9.17, 15) is 4.79 Å². The highest BCUT2D eigenvalue weighted by Gasteiger charge is 2.40. The van der Waals surface area contributed by atoms with Crippen LogP contribution in [0.4, 0.5) is 0 Å². The first-order chi connectivity index (χ1) is 7.79. The average molecular weight is 217 g/mol. The first-order valence-corrected chi connectivity index (χ1v) is 5.37. The summed E-state index contributed by atoms with van der Waals surface area (Å²) in [6.45, 7) is 5.36. The zero-order chi connectivity index (χ0) is 11.4. The summed E-state index contributed by atoms with van der Waals surface area (Å²) in [6.07, 6.45) is 1.33. The molecule has 1 unspecified atom stereocenters. The van der Waals surface area contributed by atoms with Gasteiger partial charge in [-0.25, -0.2) is 0 Å². The fraction of sp³-hybridized carbons (Fsp3) is 0.308. The lowest BCUT2D eigenvalue weighted by atomic mass is 9.88. The lowest BCUT2D eigenvalue weighted by Crippen LogP contribution is -2.52. The molecule has 0 radical (unpaired) electrons. The predicted molar refractivity (Wildman–Crippen MR) is 62.1 cm³/mol. The largest absolute Gasteiger partial charge is 0.359 e. The van der Waals surface area contributed by atoms with Crippen molar-refractivity contribution >= 4 is 5.78 Å². The minimum absolute atomic E-state index is 0.0918. The molecule has 3 heteroatoms. The molecule has 1 fully saturated rings. The second-order valence-corrected chi connectivity index (χ2v) is 3.79. The van der Waals surface area contributed by atoms with Gasteiger partial charge in [-0.05, 0) is 11.6 Å². The second kappa shape index (κ2) is 4.60. The summed E-state index contributed by atoms with van der Waals surface area (Å²) in [4.78, 5) is 12.0. The second-order valence-electron chi connectivity index (χ2n) is 3.79. The summed E-state index contributed by atoms with van der Waals surface area (Å²) in [7, 11) is 0. The molecule has 0 saturated carbocycles. The maximum absolute atomic E-state index is 12.0. The van der Waals surface area contributed by atoms with E-state index in [0.717, 1.165) is 12.1 Å². The van der Waals surface area contributed by atoms with E-state index in [1.807, 2.05) is 30.3 Å². The normalized spacial score (nSPS) is 25.0. The smallest absolute Gasteiger partial charge is 0.192 e. The molecule has 1 N–H and O–H groups in total. The number of rotatable bonds is 3. The van der Waals surface area contributed by atoms with Crippen LogP contribution in [0, 0.1) is 0 Å². The van der Waals surface area contributed by atoms with Crippen LogP contribution < -0.4 is 5.32 Å². The minimum Gasteiger partial charge on any atom is -0.359 e. The maximum atomic E-state index is 12.0. The molecule has 0 spiro atoms. The van der Waals surface area contributed by atoms with Gasteiger partial charge in [0.05, 0.1) is 6.61 Å². The van der Waals surface area contributed by atoms with Crippen LogP contribution in [0.25, 0.3) is 0 Å². The molecule has 1 saturated heterocycles. The molecular weight excluding hydrogens is 202 g/mol. The Bertz CT molecular complexity index is 380. The van der Waals surface area contributed by atoms with Gasteiger partial charge in [-0.15, -0.1) is 0 Å². The van der Waals surface area contributed by atoms with Gasteiger partial charge in [0, 0.05) is 13.1 Å². The fourth-order valence-electron chi connectivity index (χ4n) is 1.97. The number of benzene rings is 1. The van der Waals surface area contributed by atoms with Gasteiger partial charge in [0.15, 0.2) is 11.4 Å². The van der Waals surface area contributed by atoms with Crippen LogP contribution in [0.3, 0.4) is 0 Å². The summed E-state index contributed by atoms with van der Waals surface area (Å²) in [5, 5.41) is 3.20. The van der Waals surface area contributed by atoms with Gasteiger partial charge in [-0.3, -0.25) is 4.79 Å². The number of carbonyl (C=O) groups is 1. The molecule has 0 bridgehead atoms. The Morgan fingerprint density at radius 2 is 2.19 bits per heavy atom. The lowest BCUT2D eigenvalue weighted by molar-refractivity contribution is -0.144. The summed E-state index contributed by atoms with van der Waals surface area (Å²) >= 11 is 0. The zero-order valence-electron chi connectivity index (χ0n) is 9.11. The van der Waals surface area contributed by atoms with Crippen molar-refractivity contribution < 1.29 is 9.53 Å². The zero-order valence-corrected chi connectivity index (χ0v) is 9.11. The van der Waals surface area contributed by atoms with Crippen LogP contribution in [-0.4, -0.2) is 25.5 Å². The molecule has 2 rings (SSSR count). The SMILES string of the molecule is C=CC(=O)C1(c2ccccc2)CNCCO1. The van der Waals surface area contributed by atoms with Crippen molar-refractivity contribution in [2.24, 2.45) is 0 Å². The fourth-order valence-corrected chi connectivity index (χ4v) is 1.97. The maximum Gasteiger partial charge on any atom is 0.192 e. The highest BCUT2D eigenvalue weighted by Crippen LogP contribution is 2.28. The quantitative estimate of drug-likeness (QED) is 0.774. The van der Waals surface area contributed by atoms with Crippen molar-refractivity contribution in [1.29, 1.82) is 0 Å².